The van der Waals surface area contributed by atoms with Crippen LogP contribution in [0.2, 0.25) is 0 Å². The van der Waals surface area contributed by atoms with Crippen LogP contribution in [0.4, 0.5) is 0 Å². The zero-order valence-corrected chi connectivity index (χ0v) is 14.1. The van der Waals surface area contributed by atoms with Crippen molar-refractivity contribution in [3.8, 4) is 0 Å². The van der Waals surface area contributed by atoms with Crippen LogP contribution >= 0.6 is 11.3 Å². The first-order valence-electron chi connectivity index (χ1n) is 6.93. The highest BCUT2D eigenvalue weighted by Crippen LogP contribution is 2.36. The predicted molar refractivity (Wildman–Crippen MR) is 81.9 cm³/mol. The fourth-order valence-corrected chi connectivity index (χ4v) is 4.58. The van der Waals surface area contributed by atoms with Crippen molar-refractivity contribution in [1.29, 1.82) is 0 Å². The van der Waals surface area contributed by atoms with Crippen molar-refractivity contribution in [2.24, 2.45) is 10.6 Å². The summed E-state index contributed by atoms with van der Waals surface area (Å²) in [5.41, 5.74) is 0.309. The average molecular weight is 331 g/mol. The van der Waals surface area contributed by atoms with Gasteiger partial charge in [0.15, 0.2) is 0 Å². The fourth-order valence-electron chi connectivity index (χ4n) is 2.55. The molecule has 0 bridgehead atoms. The Kier molecular flexibility index (Phi) is 4.46. The molecule has 0 atom stereocenters. The third-order valence-corrected chi connectivity index (χ3v) is 6.14. The SMILES string of the molecule is Cc1sc(C(=O)OC2CCC(C)(C)CC2)cc1S(N)(=O)=O. The molecule has 1 heterocycles. The molecule has 5 nitrogen and oxygen atoms in total. The number of hydrogen-bond donors (Lipinski definition) is 1. The highest BCUT2D eigenvalue weighted by molar-refractivity contribution is 7.89. The van der Waals surface area contributed by atoms with Gasteiger partial charge in [-0.3, -0.25) is 0 Å². The summed E-state index contributed by atoms with van der Waals surface area (Å²) in [7, 11) is -3.79. The lowest BCUT2D eigenvalue weighted by molar-refractivity contribution is 0.0100. The summed E-state index contributed by atoms with van der Waals surface area (Å²) in [6, 6.07) is 1.31. The minimum absolute atomic E-state index is 0.00391. The van der Waals surface area contributed by atoms with Gasteiger partial charge in [-0.2, -0.15) is 0 Å². The maximum absolute atomic E-state index is 12.1. The molecular weight excluding hydrogens is 310 g/mol. The number of esters is 1. The fraction of sp³-hybridized carbons (Fsp3) is 0.643. The van der Waals surface area contributed by atoms with Crippen LogP contribution < -0.4 is 5.14 Å². The molecule has 2 rings (SSSR count). The number of thiophene rings is 1. The quantitative estimate of drug-likeness (QED) is 0.863. The Morgan fingerprint density at radius 3 is 2.43 bits per heavy atom. The van der Waals surface area contributed by atoms with Gasteiger partial charge in [0, 0.05) is 4.88 Å². The lowest BCUT2D eigenvalue weighted by atomic mass is 9.76. The smallest absolute Gasteiger partial charge is 0.348 e. The Morgan fingerprint density at radius 2 is 1.95 bits per heavy atom. The molecule has 7 heteroatoms. The van der Waals surface area contributed by atoms with Gasteiger partial charge in [0.25, 0.3) is 0 Å². The number of primary sulfonamides is 1. The van der Waals surface area contributed by atoms with Gasteiger partial charge in [-0.05, 0) is 44.1 Å². The van der Waals surface area contributed by atoms with Crippen LogP contribution in [0.25, 0.3) is 0 Å². The second kappa shape index (κ2) is 5.70. The molecule has 0 unspecified atom stereocenters. The summed E-state index contributed by atoms with van der Waals surface area (Å²) < 4.78 is 28.3. The van der Waals surface area contributed by atoms with Crippen molar-refractivity contribution < 1.29 is 17.9 Å². The van der Waals surface area contributed by atoms with E-state index in [1.54, 1.807) is 6.92 Å². The Morgan fingerprint density at radius 1 is 1.38 bits per heavy atom. The van der Waals surface area contributed by atoms with Crippen molar-refractivity contribution in [2.45, 2.75) is 57.5 Å². The Labute approximate surface area is 129 Å². The number of ether oxygens (including phenoxy) is 1. The van der Waals surface area contributed by atoms with E-state index in [2.05, 4.69) is 13.8 Å². The maximum Gasteiger partial charge on any atom is 0.348 e. The zero-order chi connectivity index (χ0) is 15.8. The Hall–Kier alpha value is -0.920. The van der Waals surface area contributed by atoms with Crippen LogP contribution in [-0.4, -0.2) is 20.5 Å². The highest BCUT2D eigenvalue weighted by atomic mass is 32.2. The topological polar surface area (TPSA) is 86.5 Å². The average Bonchev–Trinajstić information content (AvgIpc) is 2.74. The molecule has 1 aromatic rings. The van der Waals surface area contributed by atoms with E-state index in [1.165, 1.54) is 6.07 Å². The third kappa shape index (κ3) is 4.05. The first kappa shape index (κ1) is 16.5. The van der Waals surface area contributed by atoms with Crippen LogP contribution in [0, 0.1) is 12.3 Å². The molecule has 0 radical (unpaired) electrons. The van der Waals surface area contributed by atoms with Crippen molar-refractivity contribution in [3.63, 3.8) is 0 Å². The number of hydrogen-bond acceptors (Lipinski definition) is 5. The molecule has 1 aromatic heterocycles. The van der Waals surface area contributed by atoms with Crippen molar-refractivity contribution >= 4 is 27.3 Å². The number of carbonyl (C=O) groups is 1. The van der Waals surface area contributed by atoms with Crippen LogP contribution in [0.15, 0.2) is 11.0 Å². The number of aryl methyl sites for hydroxylation is 1. The van der Waals surface area contributed by atoms with E-state index in [4.69, 9.17) is 9.88 Å². The molecule has 0 aromatic carbocycles. The van der Waals surface area contributed by atoms with Crippen LogP contribution in [-0.2, 0) is 14.8 Å². The van der Waals surface area contributed by atoms with Gasteiger partial charge in [-0.15, -0.1) is 11.3 Å². The number of rotatable bonds is 3. The minimum atomic E-state index is -3.79. The normalized spacial score (nSPS) is 19.4. The lowest BCUT2D eigenvalue weighted by Crippen LogP contribution is -2.28. The molecule has 0 amide bonds. The molecule has 1 aliphatic rings. The molecule has 0 aliphatic heterocycles. The molecule has 1 aliphatic carbocycles. The number of nitrogens with two attached hydrogens (primary N) is 1. The van der Waals surface area contributed by atoms with E-state index < -0.39 is 16.0 Å². The Bertz CT molecular complexity index is 636. The van der Waals surface area contributed by atoms with E-state index in [9.17, 15) is 13.2 Å². The van der Waals surface area contributed by atoms with Crippen LogP contribution in [0.1, 0.15) is 54.1 Å². The van der Waals surface area contributed by atoms with E-state index in [1.807, 2.05) is 0 Å². The van der Waals surface area contributed by atoms with Crippen molar-refractivity contribution in [2.75, 3.05) is 0 Å². The standard InChI is InChI=1S/C14H21NO4S2/c1-9-12(21(15,17)18)8-11(20-9)13(16)19-10-4-6-14(2,3)7-5-10/h8,10H,4-7H2,1-3H3,(H2,15,17,18). The summed E-state index contributed by atoms with van der Waals surface area (Å²) in [4.78, 5) is 12.9. The largest absolute Gasteiger partial charge is 0.458 e. The first-order chi connectivity index (χ1) is 9.58. The first-order valence-corrected chi connectivity index (χ1v) is 9.29. The minimum Gasteiger partial charge on any atom is -0.458 e. The lowest BCUT2D eigenvalue weighted by Gasteiger charge is -2.33. The van der Waals surface area contributed by atoms with Gasteiger partial charge in [-0.25, -0.2) is 18.4 Å². The summed E-state index contributed by atoms with van der Waals surface area (Å²) in [6.45, 7) is 6.06. The molecule has 118 valence electrons. The van der Waals surface area contributed by atoms with Gasteiger partial charge in [-0.1, -0.05) is 13.8 Å². The van der Waals surface area contributed by atoms with Gasteiger partial charge in [0.1, 0.15) is 11.0 Å². The number of sulfonamides is 1. The molecule has 1 fully saturated rings. The van der Waals surface area contributed by atoms with E-state index in [0.29, 0.717) is 15.2 Å². The second-order valence-electron chi connectivity index (χ2n) is 6.34. The predicted octanol–water partition coefficient (Wildman–Crippen LogP) is 2.83. The molecular formula is C14H21NO4S2. The Balaban J connectivity index is 2.05. The van der Waals surface area contributed by atoms with Gasteiger partial charge < -0.3 is 4.74 Å². The highest BCUT2D eigenvalue weighted by Gasteiger charge is 2.29. The zero-order valence-electron chi connectivity index (χ0n) is 12.5. The number of carbonyl (C=O) groups excluding carboxylic acids is 1. The maximum atomic E-state index is 12.1. The van der Waals surface area contributed by atoms with E-state index in [-0.39, 0.29) is 11.0 Å². The van der Waals surface area contributed by atoms with Crippen LogP contribution in [0.3, 0.4) is 0 Å². The van der Waals surface area contributed by atoms with E-state index >= 15 is 0 Å². The van der Waals surface area contributed by atoms with E-state index in [0.717, 1.165) is 37.0 Å². The van der Waals surface area contributed by atoms with Gasteiger partial charge >= 0.3 is 5.97 Å². The summed E-state index contributed by atoms with van der Waals surface area (Å²) >= 11 is 1.10. The molecule has 0 saturated heterocycles. The summed E-state index contributed by atoms with van der Waals surface area (Å²) in [6.07, 6.45) is 3.68. The summed E-state index contributed by atoms with van der Waals surface area (Å²) in [5.74, 6) is -0.456. The molecule has 0 spiro atoms. The molecule has 1 saturated carbocycles. The van der Waals surface area contributed by atoms with Crippen molar-refractivity contribution in [3.05, 3.63) is 15.8 Å². The molecule has 21 heavy (non-hydrogen) atoms. The van der Waals surface area contributed by atoms with Gasteiger partial charge in [0.05, 0.1) is 4.90 Å². The summed E-state index contributed by atoms with van der Waals surface area (Å²) in [5, 5.41) is 5.11. The monoisotopic (exact) mass is 331 g/mol. The van der Waals surface area contributed by atoms with Gasteiger partial charge in [0.2, 0.25) is 10.0 Å². The third-order valence-electron chi connectivity index (χ3n) is 3.94. The second-order valence-corrected chi connectivity index (χ2v) is 9.13. The molecule has 2 N–H and O–H groups in total. The van der Waals surface area contributed by atoms with Crippen molar-refractivity contribution in [1.82, 2.24) is 0 Å². The van der Waals surface area contributed by atoms with Crippen LogP contribution in [0.5, 0.6) is 0 Å².